The van der Waals surface area contributed by atoms with Crippen molar-refractivity contribution in [3.63, 3.8) is 0 Å². The molecular formula is C11H23Br. The second-order valence-corrected chi connectivity index (χ2v) is 4.58. The standard InChI is InChI=1S/C11H23Br/c1-3-4-5-6-8-11(2)9-7-10-12/h11H,3-10H2,1-2H3/t11-/m0/s1. The van der Waals surface area contributed by atoms with Crippen LogP contribution in [0.4, 0.5) is 0 Å². The van der Waals surface area contributed by atoms with E-state index in [4.69, 9.17) is 0 Å². The molecule has 0 aliphatic carbocycles. The van der Waals surface area contributed by atoms with Crippen molar-refractivity contribution in [1.82, 2.24) is 0 Å². The van der Waals surface area contributed by atoms with Crippen LogP contribution in [0.2, 0.25) is 0 Å². The Morgan fingerprint density at radius 1 is 1.00 bits per heavy atom. The lowest BCUT2D eigenvalue weighted by Gasteiger charge is -2.09. The average Bonchev–Trinajstić information content (AvgIpc) is 2.09. The van der Waals surface area contributed by atoms with Gasteiger partial charge in [0.15, 0.2) is 0 Å². The molecule has 74 valence electrons. The molecule has 0 unspecified atom stereocenters. The van der Waals surface area contributed by atoms with Gasteiger partial charge in [0.2, 0.25) is 0 Å². The maximum Gasteiger partial charge on any atom is 0.00314 e. The fourth-order valence-corrected chi connectivity index (χ4v) is 1.81. The van der Waals surface area contributed by atoms with E-state index in [1.54, 1.807) is 0 Å². The normalized spacial score (nSPS) is 13.2. The summed E-state index contributed by atoms with van der Waals surface area (Å²) in [5.41, 5.74) is 0. The molecule has 0 N–H and O–H groups in total. The van der Waals surface area contributed by atoms with Gasteiger partial charge in [-0.05, 0) is 18.8 Å². The highest BCUT2D eigenvalue weighted by Gasteiger charge is 2.00. The zero-order valence-corrected chi connectivity index (χ0v) is 10.2. The summed E-state index contributed by atoms with van der Waals surface area (Å²) in [6.45, 7) is 4.66. The van der Waals surface area contributed by atoms with Crippen LogP contribution >= 0.6 is 15.9 Å². The van der Waals surface area contributed by atoms with E-state index in [1.165, 1.54) is 50.3 Å². The van der Waals surface area contributed by atoms with Gasteiger partial charge < -0.3 is 0 Å². The van der Waals surface area contributed by atoms with E-state index in [1.807, 2.05) is 0 Å². The Kier molecular flexibility index (Phi) is 9.95. The largest absolute Gasteiger partial charge is 0.0928 e. The summed E-state index contributed by atoms with van der Waals surface area (Å²) in [6.07, 6.45) is 9.84. The lowest BCUT2D eigenvalue weighted by atomic mass is 9.98. The molecule has 0 amide bonds. The zero-order chi connectivity index (χ0) is 9.23. The molecule has 1 heteroatoms. The summed E-state index contributed by atoms with van der Waals surface area (Å²) in [7, 11) is 0. The molecule has 12 heavy (non-hydrogen) atoms. The van der Waals surface area contributed by atoms with Crippen LogP contribution < -0.4 is 0 Å². The first-order valence-electron chi connectivity index (χ1n) is 5.37. The molecule has 0 aliphatic heterocycles. The highest BCUT2D eigenvalue weighted by Crippen LogP contribution is 2.15. The number of rotatable bonds is 8. The number of hydrogen-bond acceptors (Lipinski definition) is 0. The highest BCUT2D eigenvalue weighted by molar-refractivity contribution is 9.09. The van der Waals surface area contributed by atoms with Crippen molar-refractivity contribution in [2.24, 2.45) is 5.92 Å². The van der Waals surface area contributed by atoms with E-state index in [9.17, 15) is 0 Å². The van der Waals surface area contributed by atoms with Crippen molar-refractivity contribution < 1.29 is 0 Å². The van der Waals surface area contributed by atoms with Gasteiger partial charge in [0, 0.05) is 5.33 Å². The van der Waals surface area contributed by atoms with Gasteiger partial charge in [-0.2, -0.15) is 0 Å². The van der Waals surface area contributed by atoms with Crippen LogP contribution in [0.25, 0.3) is 0 Å². The summed E-state index contributed by atoms with van der Waals surface area (Å²) in [4.78, 5) is 0. The molecule has 0 aromatic heterocycles. The number of unbranched alkanes of at least 4 members (excludes halogenated alkanes) is 3. The molecular weight excluding hydrogens is 212 g/mol. The molecule has 0 saturated carbocycles. The lowest BCUT2D eigenvalue weighted by Crippen LogP contribution is -1.95. The van der Waals surface area contributed by atoms with Gasteiger partial charge in [-0.25, -0.2) is 0 Å². The SMILES string of the molecule is CCCCCC[C@H](C)CCCBr. The van der Waals surface area contributed by atoms with Crippen LogP contribution in [0.3, 0.4) is 0 Å². The summed E-state index contributed by atoms with van der Waals surface area (Å²) in [5.74, 6) is 0.944. The third-order valence-corrected chi connectivity index (χ3v) is 2.94. The third-order valence-electron chi connectivity index (χ3n) is 2.38. The van der Waals surface area contributed by atoms with E-state index in [-0.39, 0.29) is 0 Å². The first kappa shape index (κ1) is 12.5. The Labute approximate surface area is 86.3 Å². The molecule has 0 spiro atoms. The van der Waals surface area contributed by atoms with Gasteiger partial charge in [0.05, 0.1) is 0 Å². The van der Waals surface area contributed by atoms with Crippen LogP contribution in [-0.4, -0.2) is 5.33 Å². The molecule has 0 heterocycles. The van der Waals surface area contributed by atoms with Crippen LogP contribution in [0.5, 0.6) is 0 Å². The molecule has 0 aromatic carbocycles. The van der Waals surface area contributed by atoms with E-state index in [2.05, 4.69) is 29.8 Å². The van der Waals surface area contributed by atoms with Crippen molar-refractivity contribution in [1.29, 1.82) is 0 Å². The lowest BCUT2D eigenvalue weighted by molar-refractivity contribution is 0.457. The number of alkyl halides is 1. The van der Waals surface area contributed by atoms with E-state index < -0.39 is 0 Å². The average molecular weight is 235 g/mol. The van der Waals surface area contributed by atoms with Gasteiger partial charge in [0.1, 0.15) is 0 Å². The molecule has 0 nitrogen and oxygen atoms in total. The van der Waals surface area contributed by atoms with Crippen molar-refractivity contribution in [2.75, 3.05) is 5.33 Å². The fourth-order valence-electron chi connectivity index (χ4n) is 1.49. The van der Waals surface area contributed by atoms with Crippen LogP contribution in [-0.2, 0) is 0 Å². The molecule has 0 bridgehead atoms. The van der Waals surface area contributed by atoms with Crippen molar-refractivity contribution in [2.45, 2.75) is 58.8 Å². The molecule has 0 rings (SSSR count). The highest BCUT2D eigenvalue weighted by atomic mass is 79.9. The molecule has 0 fully saturated rings. The van der Waals surface area contributed by atoms with E-state index in [0.29, 0.717) is 0 Å². The maximum absolute atomic E-state index is 3.47. The van der Waals surface area contributed by atoms with E-state index in [0.717, 1.165) is 5.92 Å². The van der Waals surface area contributed by atoms with Crippen molar-refractivity contribution >= 4 is 15.9 Å². The monoisotopic (exact) mass is 234 g/mol. The quantitative estimate of drug-likeness (QED) is 0.420. The first-order valence-corrected chi connectivity index (χ1v) is 6.49. The van der Waals surface area contributed by atoms with Crippen molar-refractivity contribution in [3.05, 3.63) is 0 Å². The number of halogens is 1. The summed E-state index contributed by atoms with van der Waals surface area (Å²) in [5, 5.41) is 1.17. The van der Waals surface area contributed by atoms with Crippen LogP contribution in [0.1, 0.15) is 58.8 Å². The Balaban J connectivity index is 3.02. The molecule has 1 atom stereocenters. The summed E-state index contributed by atoms with van der Waals surface area (Å²) < 4.78 is 0. The second-order valence-electron chi connectivity index (χ2n) is 3.79. The second kappa shape index (κ2) is 9.57. The van der Waals surface area contributed by atoms with Crippen LogP contribution in [0.15, 0.2) is 0 Å². The first-order chi connectivity index (χ1) is 5.81. The zero-order valence-electron chi connectivity index (χ0n) is 8.61. The molecule has 0 radical (unpaired) electrons. The maximum atomic E-state index is 3.47. The summed E-state index contributed by atoms with van der Waals surface area (Å²) in [6, 6.07) is 0. The van der Waals surface area contributed by atoms with Gasteiger partial charge in [-0.15, -0.1) is 0 Å². The Bertz CT molecular complexity index is 81.1. The Morgan fingerprint density at radius 3 is 2.25 bits per heavy atom. The van der Waals surface area contributed by atoms with Crippen molar-refractivity contribution in [3.8, 4) is 0 Å². The smallest absolute Gasteiger partial charge is 0.00314 e. The minimum Gasteiger partial charge on any atom is -0.0928 e. The van der Waals surface area contributed by atoms with Gasteiger partial charge >= 0.3 is 0 Å². The Morgan fingerprint density at radius 2 is 1.67 bits per heavy atom. The topological polar surface area (TPSA) is 0 Å². The molecule has 0 saturated heterocycles. The van der Waals surface area contributed by atoms with E-state index >= 15 is 0 Å². The summed E-state index contributed by atoms with van der Waals surface area (Å²) >= 11 is 3.47. The predicted molar refractivity (Wildman–Crippen MR) is 61.0 cm³/mol. The van der Waals surface area contributed by atoms with Gasteiger partial charge in [-0.3, -0.25) is 0 Å². The Hall–Kier alpha value is 0.480. The van der Waals surface area contributed by atoms with Gasteiger partial charge in [0.25, 0.3) is 0 Å². The fraction of sp³-hybridized carbons (Fsp3) is 1.00. The third kappa shape index (κ3) is 8.58. The molecule has 0 aromatic rings. The minimum absolute atomic E-state index is 0.944. The predicted octanol–water partition coefficient (Wildman–Crippen LogP) is 4.77. The molecule has 0 aliphatic rings. The number of hydrogen-bond donors (Lipinski definition) is 0. The minimum atomic E-state index is 0.944. The van der Waals surface area contributed by atoms with Gasteiger partial charge in [-0.1, -0.05) is 61.9 Å². The van der Waals surface area contributed by atoms with Crippen LogP contribution in [0, 0.1) is 5.92 Å².